The number of amides is 1. The van der Waals surface area contributed by atoms with Crippen molar-refractivity contribution < 1.29 is 22.5 Å². The van der Waals surface area contributed by atoms with Gasteiger partial charge in [0.15, 0.2) is 0 Å². The van der Waals surface area contributed by atoms with Crippen LogP contribution < -0.4 is 5.32 Å². The Kier molecular flexibility index (Phi) is 4.78. The summed E-state index contributed by atoms with van der Waals surface area (Å²) in [5, 5.41) is 6.32. The fraction of sp³-hybridized carbons (Fsp3) is 0.471. The number of rotatable bonds is 3. The molecule has 0 saturated heterocycles. The first-order valence-electron chi connectivity index (χ1n) is 8.15. The molecule has 0 unspecified atom stereocenters. The summed E-state index contributed by atoms with van der Waals surface area (Å²) in [6.07, 6.45) is -0.544. The van der Waals surface area contributed by atoms with Gasteiger partial charge in [0.05, 0.1) is 0 Å². The minimum atomic E-state index is -4.68. The molecule has 1 fully saturated rings. The van der Waals surface area contributed by atoms with E-state index in [4.69, 9.17) is 0 Å². The molecule has 0 bridgehead atoms. The van der Waals surface area contributed by atoms with Crippen molar-refractivity contribution in [1.82, 2.24) is 15.5 Å². The van der Waals surface area contributed by atoms with Crippen LogP contribution in [-0.4, -0.2) is 22.1 Å². The lowest BCUT2D eigenvalue weighted by Gasteiger charge is -2.26. The first-order valence-corrected chi connectivity index (χ1v) is 8.15. The van der Waals surface area contributed by atoms with Gasteiger partial charge >= 0.3 is 12.1 Å². The van der Waals surface area contributed by atoms with Gasteiger partial charge in [-0.3, -0.25) is 4.79 Å². The van der Waals surface area contributed by atoms with Crippen LogP contribution in [-0.2, 0) is 6.18 Å². The van der Waals surface area contributed by atoms with Crippen molar-refractivity contribution in [2.75, 3.05) is 0 Å². The third-order valence-corrected chi connectivity index (χ3v) is 4.42. The molecule has 1 saturated carbocycles. The van der Waals surface area contributed by atoms with Gasteiger partial charge in [0.25, 0.3) is 5.91 Å². The molecular formula is C17H18F3N3O2. The maximum Gasteiger partial charge on any atom is 0.471 e. The summed E-state index contributed by atoms with van der Waals surface area (Å²) in [6, 6.07) is 6.26. The SMILES string of the molecule is CC1CCC(NC(=O)c2ccc(-c3noc(C(F)(F)F)n3)cc2)CC1. The molecule has 0 radical (unpaired) electrons. The number of carbonyl (C=O) groups excluding carboxylic acids is 1. The third-order valence-electron chi connectivity index (χ3n) is 4.42. The Bertz CT molecular complexity index is 732. The molecule has 0 spiro atoms. The molecule has 5 nitrogen and oxygen atoms in total. The largest absolute Gasteiger partial charge is 0.471 e. The number of hydrogen-bond donors (Lipinski definition) is 1. The number of alkyl halides is 3. The minimum absolute atomic E-state index is 0.166. The van der Waals surface area contributed by atoms with Crippen molar-refractivity contribution in [2.45, 2.75) is 44.8 Å². The summed E-state index contributed by atoms with van der Waals surface area (Å²) in [4.78, 5) is 15.6. The molecule has 1 aliphatic rings. The second-order valence-corrected chi connectivity index (χ2v) is 6.43. The standard InChI is InChI=1S/C17H18F3N3O2/c1-10-2-8-13(9-3-10)21-15(24)12-6-4-11(5-7-12)14-22-16(25-23-14)17(18,19)20/h4-7,10,13H,2-3,8-9H2,1H3,(H,21,24). The Labute approximate surface area is 142 Å². The molecule has 1 aromatic carbocycles. The molecule has 1 amide bonds. The Balaban J connectivity index is 1.65. The normalized spacial score (nSPS) is 21.1. The lowest BCUT2D eigenvalue weighted by molar-refractivity contribution is -0.159. The maximum absolute atomic E-state index is 12.5. The van der Waals surface area contributed by atoms with Crippen molar-refractivity contribution in [3.63, 3.8) is 0 Å². The maximum atomic E-state index is 12.5. The zero-order valence-corrected chi connectivity index (χ0v) is 13.6. The number of carbonyl (C=O) groups is 1. The average molecular weight is 353 g/mol. The zero-order valence-electron chi connectivity index (χ0n) is 13.6. The van der Waals surface area contributed by atoms with Gasteiger partial charge in [0.1, 0.15) is 0 Å². The van der Waals surface area contributed by atoms with Gasteiger partial charge in [-0.15, -0.1) is 0 Å². The van der Waals surface area contributed by atoms with E-state index in [0.717, 1.165) is 25.7 Å². The van der Waals surface area contributed by atoms with E-state index in [-0.39, 0.29) is 17.8 Å². The van der Waals surface area contributed by atoms with Crippen LogP contribution in [0.3, 0.4) is 0 Å². The number of halogens is 3. The fourth-order valence-electron chi connectivity index (χ4n) is 2.90. The Morgan fingerprint density at radius 1 is 1.16 bits per heavy atom. The first kappa shape index (κ1) is 17.4. The highest BCUT2D eigenvalue weighted by Gasteiger charge is 2.38. The van der Waals surface area contributed by atoms with Crippen molar-refractivity contribution in [1.29, 1.82) is 0 Å². The highest BCUT2D eigenvalue weighted by molar-refractivity contribution is 5.94. The van der Waals surface area contributed by atoms with Crippen LogP contribution in [0.25, 0.3) is 11.4 Å². The smallest absolute Gasteiger partial charge is 0.349 e. The summed E-state index contributed by atoms with van der Waals surface area (Å²) in [6.45, 7) is 2.21. The second kappa shape index (κ2) is 6.85. The Morgan fingerprint density at radius 2 is 1.80 bits per heavy atom. The molecule has 0 atom stereocenters. The van der Waals surface area contributed by atoms with Gasteiger partial charge in [-0.05, 0) is 43.7 Å². The summed E-state index contributed by atoms with van der Waals surface area (Å²) < 4.78 is 41.7. The Hall–Kier alpha value is -2.38. The molecule has 1 N–H and O–H groups in total. The van der Waals surface area contributed by atoms with Gasteiger partial charge in [-0.1, -0.05) is 24.2 Å². The highest BCUT2D eigenvalue weighted by Crippen LogP contribution is 2.29. The Morgan fingerprint density at radius 3 is 2.36 bits per heavy atom. The summed E-state index contributed by atoms with van der Waals surface area (Å²) in [7, 11) is 0. The van der Waals surface area contributed by atoms with Crippen LogP contribution in [0.4, 0.5) is 13.2 Å². The van der Waals surface area contributed by atoms with Crippen molar-refractivity contribution >= 4 is 5.91 Å². The summed E-state index contributed by atoms with van der Waals surface area (Å²) >= 11 is 0. The second-order valence-electron chi connectivity index (χ2n) is 6.43. The molecule has 1 aromatic heterocycles. The number of nitrogens with zero attached hydrogens (tertiary/aromatic N) is 2. The van der Waals surface area contributed by atoms with E-state index >= 15 is 0 Å². The number of hydrogen-bond acceptors (Lipinski definition) is 4. The van der Waals surface area contributed by atoms with E-state index in [1.54, 1.807) is 12.1 Å². The molecule has 2 aromatic rings. The van der Waals surface area contributed by atoms with Gasteiger partial charge in [-0.25, -0.2) is 0 Å². The van der Waals surface area contributed by atoms with E-state index in [1.165, 1.54) is 12.1 Å². The van der Waals surface area contributed by atoms with Gasteiger partial charge in [-0.2, -0.15) is 18.2 Å². The minimum Gasteiger partial charge on any atom is -0.349 e. The van der Waals surface area contributed by atoms with Gasteiger partial charge in [0, 0.05) is 17.2 Å². The van der Waals surface area contributed by atoms with Crippen molar-refractivity contribution in [3.05, 3.63) is 35.7 Å². The van der Waals surface area contributed by atoms with Crippen LogP contribution in [0.2, 0.25) is 0 Å². The molecule has 1 aliphatic carbocycles. The molecule has 1 heterocycles. The van der Waals surface area contributed by atoms with Gasteiger partial charge in [0.2, 0.25) is 5.82 Å². The van der Waals surface area contributed by atoms with Crippen LogP contribution >= 0.6 is 0 Å². The molecular weight excluding hydrogens is 335 g/mol. The van der Waals surface area contributed by atoms with Crippen LogP contribution in [0.1, 0.15) is 48.9 Å². The summed E-state index contributed by atoms with van der Waals surface area (Å²) in [5.41, 5.74) is 0.796. The van der Waals surface area contributed by atoms with E-state index in [0.29, 0.717) is 17.0 Å². The molecule has 25 heavy (non-hydrogen) atoms. The van der Waals surface area contributed by atoms with E-state index in [9.17, 15) is 18.0 Å². The topological polar surface area (TPSA) is 68.0 Å². The van der Waals surface area contributed by atoms with E-state index in [2.05, 4.69) is 26.9 Å². The molecule has 0 aliphatic heterocycles. The van der Waals surface area contributed by atoms with Crippen LogP contribution in [0, 0.1) is 5.92 Å². The number of aromatic nitrogens is 2. The van der Waals surface area contributed by atoms with Crippen LogP contribution in [0.15, 0.2) is 28.8 Å². The number of nitrogens with one attached hydrogen (secondary N) is 1. The first-order chi connectivity index (χ1) is 11.8. The predicted octanol–water partition coefficient (Wildman–Crippen LogP) is 4.06. The lowest BCUT2D eigenvalue weighted by Crippen LogP contribution is -2.37. The van der Waals surface area contributed by atoms with E-state index < -0.39 is 12.1 Å². The zero-order chi connectivity index (χ0) is 18.0. The summed E-state index contributed by atoms with van der Waals surface area (Å²) in [5.74, 6) is -1.05. The lowest BCUT2D eigenvalue weighted by atomic mass is 9.87. The molecule has 8 heteroatoms. The highest BCUT2D eigenvalue weighted by atomic mass is 19.4. The molecule has 134 valence electrons. The fourth-order valence-corrected chi connectivity index (χ4v) is 2.90. The molecule has 3 rings (SSSR count). The average Bonchev–Trinajstić information content (AvgIpc) is 3.07. The van der Waals surface area contributed by atoms with Crippen molar-refractivity contribution in [3.8, 4) is 11.4 Å². The monoisotopic (exact) mass is 353 g/mol. The van der Waals surface area contributed by atoms with Crippen LogP contribution in [0.5, 0.6) is 0 Å². The van der Waals surface area contributed by atoms with E-state index in [1.807, 2.05) is 0 Å². The quantitative estimate of drug-likeness (QED) is 0.903. The third kappa shape index (κ3) is 4.18. The van der Waals surface area contributed by atoms with Gasteiger partial charge < -0.3 is 9.84 Å². The number of benzene rings is 1. The predicted molar refractivity (Wildman–Crippen MR) is 83.6 cm³/mol. The van der Waals surface area contributed by atoms with Crippen molar-refractivity contribution in [2.24, 2.45) is 5.92 Å².